The fourth-order valence-corrected chi connectivity index (χ4v) is 2.19. The van der Waals surface area contributed by atoms with Crippen molar-refractivity contribution in [3.8, 4) is 11.5 Å². The van der Waals surface area contributed by atoms with Gasteiger partial charge in [-0.2, -0.15) is 4.98 Å². The molecule has 0 aliphatic carbocycles. The summed E-state index contributed by atoms with van der Waals surface area (Å²) in [6, 6.07) is 0. The van der Waals surface area contributed by atoms with Crippen LogP contribution in [-0.2, 0) is 4.79 Å². The van der Waals surface area contributed by atoms with Gasteiger partial charge in [0.05, 0.1) is 6.20 Å². The van der Waals surface area contributed by atoms with Crippen LogP contribution in [0.4, 0.5) is 0 Å². The number of rotatable bonds is 2. The highest BCUT2D eigenvalue weighted by Gasteiger charge is 2.27. The topological polar surface area (TPSA) is 105 Å². The summed E-state index contributed by atoms with van der Waals surface area (Å²) in [6.07, 6.45) is 4.53. The lowest BCUT2D eigenvalue weighted by molar-refractivity contribution is -0.130. The third kappa shape index (κ3) is 2.78. The highest BCUT2D eigenvalue weighted by Crippen LogP contribution is 2.13. The molecule has 2 aromatic rings. The molecule has 0 saturated carbocycles. The zero-order chi connectivity index (χ0) is 15.5. The molecule has 3 heterocycles. The molecule has 0 atom stereocenters. The first kappa shape index (κ1) is 14.1. The normalized spacial score (nSPS) is 15.0. The van der Waals surface area contributed by atoms with Gasteiger partial charge in [0.1, 0.15) is 5.69 Å². The van der Waals surface area contributed by atoms with Gasteiger partial charge in [0.2, 0.25) is 11.7 Å². The quantitative estimate of drug-likeness (QED) is 0.758. The second-order valence-electron chi connectivity index (χ2n) is 4.81. The van der Waals surface area contributed by atoms with E-state index in [-0.39, 0.29) is 23.5 Å². The van der Waals surface area contributed by atoms with Crippen LogP contribution in [0.3, 0.4) is 0 Å². The Labute approximate surface area is 126 Å². The number of carbonyl (C=O) groups is 2. The summed E-state index contributed by atoms with van der Waals surface area (Å²) >= 11 is 0. The van der Waals surface area contributed by atoms with Crippen LogP contribution in [0.2, 0.25) is 0 Å². The number of hydrogen-bond acceptors (Lipinski definition) is 7. The Morgan fingerprint density at radius 2 is 1.86 bits per heavy atom. The van der Waals surface area contributed by atoms with Gasteiger partial charge in [0.25, 0.3) is 0 Å². The lowest BCUT2D eigenvalue weighted by atomic mass is 10.3. The van der Waals surface area contributed by atoms with Crippen LogP contribution in [-0.4, -0.2) is 67.9 Å². The average Bonchev–Trinajstić information content (AvgIpc) is 3.05. The molecule has 0 N–H and O–H groups in total. The minimum Gasteiger partial charge on any atom is -0.339 e. The summed E-state index contributed by atoms with van der Waals surface area (Å²) in [7, 11) is 0. The molecule has 0 aromatic carbocycles. The molecule has 1 aliphatic heterocycles. The summed E-state index contributed by atoms with van der Waals surface area (Å²) in [5.74, 6) is -0.198. The Kier molecular flexibility index (Phi) is 3.77. The number of nitrogens with zero attached hydrogens (tertiary/aromatic N) is 6. The van der Waals surface area contributed by atoms with Crippen LogP contribution in [0.25, 0.3) is 11.5 Å². The minimum atomic E-state index is -0.342. The second kappa shape index (κ2) is 5.88. The monoisotopic (exact) mass is 302 g/mol. The molecule has 0 spiro atoms. The highest BCUT2D eigenvalue weighted by molar-refractivity contribution is 5.90. The lowest BCUT2D eigenvalue weighted by Crippen LogP contribution is -2.50. The second-order valence-corrected chi connectivity index (χ2v) is 4.81. The van der Waals surface area contributed by atoms with Gasteiger partial charge in [-0.3, -0.25) is 14.6 Å². The average molecular weight is 302 g/mol. The van der Waals surface area contributed by atoms with E-state index in [9.17, 15) is 9.59 Å². The van der Waals surface area contributed by atoms with E-state index in [0.717, 1.165) is 0 Å². The van der Waals surface area contributed by atoms with E-state index < -0.39 is 0 Å². The summed E-state index contributed by atoms with van der Waals surface area (Å²) in [5.41, 5.74) is 0.437. The summed E-state index contributed by atoms with van der Waals surface area (Å²) < 4.78 is 5.01. The number of hydrogen-bond donors (Lipinski definition) is 0. The molecule has 9 nitrogen and oxygen atoms in total. The smallest absolute Gasteiger partial charge is 0.316 e. The fourth-order valence-electron chi connectivity index (χ4n) is 2.19. The molecule has 1 saturated heterocycles. The predicted octanol–water partition coefficient (Wildman–Crippen LogP) is -0.169. The molecule has 9 heteroatoms. The Morgan fingerprint density at radius 3 is 2.50 bits per heavy atom. The van der Waals surface area contributed by atoms with E-state index in [1.54, 1.807) is 9.80 Å². The Morgan fingerprint density at radius 1 is 1.14 bits per heavy atom. The zero-order valence-corrected chi connectivity index (χ0v) is 12.0. The van der Waals surface area contributed by atoms with Crippen LogP contribution in [0.5, 0.6) is 0 Å². The fraction of sp³-hybridized carbons (Fsp3) is 0.385. The maximum absolute atomic E-state index is 12.3. The SMILES string of the molecule is CC(=O)N1CCN(C(=O)c2nc(-c3cnccn3)no2)CC1. The van der Waals surface area contributed by atoms with Gasteiger partial charge in [-0.05, 0) is 0 Å². The lowest BCUT2D eigenvalue weighted by Gasteiger charge is -2.33. The molecule has 1 aliphatic rings. The Hall–Kier alpha value is -2.84. The molecular formula is C13H14N6O3. The first-order valence-electron chi connectivity index (χ1n) is 6.80. The van der Waals surface area contributed by atoms with E-state index in [2.05, 4.69) is 20.1 Å². The van der Waals surface area contributed by atoms with Crippen molar-refractivity contribution in [3.05, 3.63) is 24.5 Å². The standard InChI is InChI=1S/C13H14N6O3/c1-9(20)18-4-6-19(7-5-18)13(21)12-16-11(17-22-12)10-8-14-2-3-15-10/h2-3,8H,4-7H2,1H3. The van der Waals surface area contributed by atoms with Crippen LogP contribution in [0.1, 0.15) is 17.6 Å². The summed E-state index contributed by atoms with van der Waals surface area (Å²) in [6.45, 7) is 3.42. The number of carbonyl (C=O) groups excluding carboxylic acids is 2. The highest BCUT2D eigenvalue weighted by atomic mass is 16.5. The minimum absolute atomic E-state index is 0.00910. The number of piperazine rings is 1. The van der Waals surface area contributed by atoms with Crippen molar-refractivity contribution >= 4 is 11.8 Å². The van der Waals surface area contributed by atoms with Gasteiger partial charge in [-0.25, -0.2) is 4.98 Å². The molecule has 22 heavy (non-hydrogen) atoms. The van der Waals surface area contributed by atoms with E-state index >= 15 is 0 Å². The van der Waals surface area contributed by atoms with Crippen molar-refractivity contribution < 1.29 is 14.1 Å². The first-order valence-corrected chi connectivity index (χ1v) is 6.80. The van der Waals surface area contributed by atoms with Gasteiger partial charge in [0.15, 0.2) is 0 Å². The van der Waals surface area contributed by atoms with Crippen molar-refractivity contribution in [2.45, 2.75) is 6.92 Å². The molecule has 1 fully saturated rings. The van der Waals surface area contributed by atoms with Gasteiger partial charge >= 0.3 is 11.8 Å². The van der Waals surface area contributed by atoms with Crippen molar-refractivity contribution in [2.75, 3.05) is 26.2 Å². The van der Waals surface area contributed by atoms with Gasteiger partial charge in [-0.1, -0.05) is 5.16 Å². The first-order chi connectivity index (χ1) is 10.6. The van der Waals surface area contributed by atoms with Crippen molar-refractivity contribution in [1.29, 1.82) is 0 Å². The zero-order valence-electron chi connectivity index (χ0n) is 12.0. The van der Waals surface area contributed by atoms with E-state index in [4.69, 9.17) is 4.52 Å². The Bertz CT molecular complexity index is 678. The third-order valence-corrected chi connectivity index (χ3v) is 3.41. The van der Waals surface area contributed by atoms with Gasteiger partial charge in [0, 0.05) is 45.5 Å². The van der Waals surface area contributed by atoms with Crippen LogP contribution >= 0.6 is 0 Å². The van der Waals surface area contributed by atoms with E-state index in [1.165, 1.54) is 25.5 Å². The molecule has 3 rings (SSSR count). The predicted molar refractivity (Wildman–Crippen MR) is 73.5 cm³/mol. The van der Waals surface area contributed by atoms with Crippen molar-refractivity contribution in [2.24, 2.45) is 0 Å². The molecule has 0 unspecified atom stereocenters. The molecule has 2 aromatic heterocycles. The van der Waals surface area contributed by atoms with Gasteiger partial charge in [-0.15, -0.1) is 0 Å². The van der Waals surface area contributed by atoms with Crippen molar-refractivity contribution in [1.82, 2.24) is 29.9 Å². The number of aromatic nitrogens is 4. The van der Waals surface area contributed by atoms with E-state index in [0.29, 0.717) is 31.9 Å². The maximum Gasteiger partial charge on any atom is 0.316 e. The number of amides is 2. The third-order valence-electron chi connectivity index (χ3n) is 3.41. The largest absolute Gasteiger partial charge is 0.339 e. The maximum atomic E-state index is 12.3. The van der Waals surface area contributed by atoms with Crippen LogP contribution in [0.15, 0.2) is 23.1 Å². The van der Waals surface area contributed by atoms with E-state index in [1.807, 2.05) is 0 Å². The van der Waals surface area contributed by atoms with Crippen molar-refractivity contribution in [3.63, 3.8) is 0 Å². The summed E-state index contributed by atoms with van der Waals surface area (Å²) in [5, 5.41) is 3.74. The molecular weight excluding hydrogens is 288 g/mol. The van der Waals surface area contributed by atoms with Crippen LogP contribution in [0, 0.1) is 0 Å². The molecule has 0 radical (unpaired) electrons. The van der Waals surface area contributed by atoms with Crippen LogP contribution < -0.4 is 0 Å². The molecule has 2 amide bonds. The molecule has 0 bridgehead atoms. The van der Waals surface area contributed by atoms with Gasteiger partial charge < -0.3 is 14.3 Å². The Balaban J connectivity index is 1.69. The molecule has 114 valence electrons. The summed E-state index contributed by atoms with van der Waals surface area (Å²) in [4.78, 5) is 38.9.